The average molecular weight is 344 g/mol. The Bertz CT molecular complexity index is 673. The number of phenols is 1. The number of rotatable bonds is 10. The van der Waals surface area contributed by atoms with Gasteiger partial charge in [0.1, 0.15) is 23.9 Å². The Morgan fingerprint density at radius 3 is 2.40 bits per heavy atom. The zero-order valence-corrected chi connectivity index (χ0v) is 14.3. The van der Waals surface area contributed by atoms with Crippen LogP contribution < -0.4 is 20.5 Å². The highest BCUT2D eigenvalue weighted by atomic mass is 16.5. The number of amides is 1. The van der Waals surface area contributed by atoms with E-state index in [0.29, 0.717) is 18.1 Å². The molecule has 2 aromatic carbocycles. The maximum absolute atomic E-state index is 10.7. The van der Waals surface area contributed by atoms with Crippen molar-refractivity contribution >= 4 is 5.91 Å². The van der Waals surface area contributed by atoms with Crippen LogP contribution in [0.15, 0.2) is 48.5 Å². The number of ether oxygens (including phenoxy) is 2. The largest absolute Gasteiger partial charge is 0.508 e. The maximum Gasteiger partial charge on any atom is 0.255 e. The minimum absolute atomic E-state index is 0.141. The zero-order valence-electron chi connectivity index (χ0n) is 14.3. The highest BCUT2D eigenvalue weighted by molar-refractivity contribution is 5.75. The number of primary amides is 1. The molecule has 1 unspecified atom stereocenters. The third-order valence-corrected chi connectivity index (χ3v) is 3.58. The van der Waals surface area contributed by atoms with Crippen LogP contribution in [0.5, 0.6) is 17.2 Å². The van der Waals surface area contributed by atoms with Crippen molar-refractivity contribution < 1.29 is 19.4 Å². The smallest absolute Gasteiger partial charge is 0.255 e. The molecule has 0 saturated heterocycles. The Kier molecular flexibility index (Phi) is 7.10. The van der Waals surface area contributed by atoms with E-state index in [2.05, 4.69) is 5.32 Å². The zero-order chi connectivity index (χ0) is 18.1. The summed E-state index contributed by atoms with van der Waals surface area (Å²) in [6.07, 6.45) is 0.753. The predicted molar refractivity (Wildman–Crippen MR) is 95.9 cm³/mol. The van der Waals surface area contributed by atoms with Crippen LogP contribution in [0, 0.1) is 0 Å². The molecule has 0 radical (unpaired) electrons. The van der Waals surface area contributed by atoms with Crippen LogP contribution in [-0.2, 0) is 11.2 Å². The lowest BCUT2D eigenvalue weighted by atomic mass is 10.1. The van der Waals surface area contributed by atoms with Gasteiger partial charge in [-0.05, 0) is 55.8 Å². The number of hydrogen-bond acceptors (Lipinski definition) is 5. The number of benzene rings is 2. The third-order valence-electron chi connectivity index (χ3n) is 3.58. The van der Waals surface area contributed by atoms with Gasteiger partial charge in [0.15, 0.2) is 6.61 Å². The number of nitrogens with one attached hydrogen (secondary N) is 1. The molecule has 0 aliphatic carbocycles. The van der Waals surface area contributed by atoms with Crippen molar-refractivity contribution in [1.82, 2.24) is 5.32 Å². The van der Waals surface area contributed by atoms with Crippen LogP contribution in [-0.4, -0.2) is 36.8 Å². The number of nitrogens with two attached hydrogens (primary N) is 1. The van der Waals surface area contributed by atoms with E-state index < -0.39 is 5.91 Å². The van der Waals surface area contributed by atoms with Gasteiger partial charge in [0.05, 0.1) is 0 Å². The number of para-hydroxylation sites is 1. The second kappa shape index (κ2) is 9.54. The van der Waals surface area contributed by atoms with Gasteiger partial charge in [-0.3, -0.25) is 4.79 Å². The molecule has 2 aromatic rings. The fourth-order valence-corrected chi connectivity index (χ4v) is 2.24. The van der Waals surface area contributed by atoms with Crippen molar-refractivity contribution in [2.75, 3.05) is 19.8 Å². The van der Waals surface area contributed by atoms with Crippen LogP contribution >= 0.6 is 0 Å². The average Bonchev–Trinajstić information content (AvgIpc) is 2.60. The number of phenolic OH excluding ortho intramolecular Hbond substituents is 1. The first-order chi connectivity index (χ1) is 12.0. The van der Waals surface area contributed by atoms with Gasteiger partial charge >= 0.3 is 0 Å². The molecule has 6 nitrogen and oxygen atoms in total. The Balaban J connectivity index is 1.68. The second-order valence-corrected chi connectivity index (χ2v) is 5.77. The van der Waals surface area contributed by atoms with Crippen molar-refractivity contribution in [3.05, 3.63) is 54.1 Å². The van der Waals surface area contributed by atoms with E-state index in [1.165, 1.54) is 0 Å². The minimum Gasteiger partial charge on any atom is -0.508 e. The Morgan fingerprint density at radius 1 is 1.12 bits per heavy atom. The summed E-state index contributed by atoms with van der Waals surface area (Å²) in [5, 5.41) is 13.1. The summed E-state index contributed by atoms with van der Waals surface area (Å²) in [6.45, 7) is 3.16. The molecule has 2 rings (SSSR count). The monoisotopic (exact) mass is 344 g/mol. The summed E-state index contributed by atoms with van der Waals surface area (Å²) < 4.78 is 10.9. The summed E-state index contributed by atoms with van der Waals surface area (Å²) in [7, 11) is 0. The summed E-state index contributed by atoms with van der Waals surface area (Å²) >= 11 is 0. The lowest BCUT2D eigenvalue weighted by Gasteiger charge is -2.15. The fourth-order valence-electron chi connectivity index (χ4n) is 2.24. The van der Waals surface area contributed by atoms with Crippen LogP contribution in [0.2, 0.25) is 0 Å². The molecule has 0 aliphatic heterocycles. The molecule has 0 spiro atoms. The van der Waals surface area contributed by atoms with Crippen molar-refractivity contribution in [3.63, 3.8) is 0 Å². The van der Waals surface area contributed by atoms with E-state index in [1.807, 2.05) is 25.1 Å². The first kappa shape index (κ1) is 18.6. The lowest BCUT2D eigenvalue weighted by molar-refractivity contribution is -0.119. The molecule has 0 aliphatic rings. The Labute approximate surface area is 147 Å². The standard InChI is InChI=1S/C19H24N2O4/c1-14(21-11-10-15-4-2-3-5-18(15)22)12-24-16-6-8-17(9-7-16)25-13-19(20)23/h2-9,14,21-22H,10-13H2,1H3,(H2,20,23). The molecule has 0 fully saturated rings. The van der Waals surface area contributed by atoms with Gasteiger partial charge in [-0.2, -0.15) is 0 Å². The number of aromatic hydroxyl groups is 1. The number of carbonyl (C=O) groups is 1. The predicted octanol–water partition coefficient (Wildman–Crippen LogP) is 1.86. The van der Waals surface area contributed by atoms with Gasteiger partial charge in [-0.15, -0.1) is 0 Å². The Morgan fingerprint density at radius 2 is 1.76 bits per heavy atom. The van der Waals surface area contributed by atoms with E-state index in [9.17, 15) is 9.90 Å². The molecule has 25 heavy (non-hydrogen) atoms. The molecule has 1 amide bonds. The highest BCUT2D eigenvalue weighted by Gasteiger charge is 2.05. The minimum atomic E-state index is -0.510. The molecule has 0 heterocycles. The van der Waals surface area contributed by atoms with Gasteiger partial charge in [-0.1, -0.05) is 18.2 Å². The van der Waals surface area contributed by atoms with Crippen molar-refractivity contribution in [3.8, 4) is 17.2 Å². The highest BCUT2D eigenvalue weighted by Crippen LogP contribution is 2.18. The van der Waals surface area contributed by atoms with Gasteiger partial charge in [-0.25, -0.2) is 0 Å². The van der Waals surface area contributed by atoms with Gasteiger partial charge in [0, 0.05) is 6.04 Å². The third kappa shape index (κ3) is 6.73. The topological polar surface area (TPSA) is 93.8 Å². The van der Waals surface area contributed by atoms with E-state index in [0.717, 1.165) is 24.3 Å². The van der Waals surface area contributed by atoms with Gasteiger partial charge in [0.25, 0.3) is 5.91 Å². The molecular weight excluding hydrogens is 320 g/mol. The van der Waals surface area contributed by atoms with E-state index in [4.69, 9.17) is 15.2 Å². The molecule has 0 bridgehead atoms. The fraction of sp³-hybridized carbons (Fsp3) is 0.316. The molecule has 0 saturated carbocycles. The molecular formula is C19H24N2O4. The second-order valence-electron chi connectivity index (χ2n) is 5.77. The summed E-state index contributed by atoms with van der Waals surface area (Å²) in [5.74, 6) is 1.11. The van der Waals surface area contributed by atoms with E-state index >= 15 is 0 Å². The SMILES string of the molecule is CC(COc1ccc(OCC(N)=O)cc1)NCCc1ccccc1O. The Hall–Kier alpha value is -2.73. The first-order valence-electron chi connectivity index (χ1n) is 8.19. The number of hydrogen-bond donors (Lipinski definition) is 3. The molecule has 1 atom stereocenters. The van der Waals surface area contributed by atoms with Crippen LogP contribution in [0.1, 0.15) is 12.5 Å². The van der Waals surface area contributed by atoms with Crippen LogP contribution in [0.4, 0.5) is 0 Å². The lowest BCUT2D eigenvalue weighted by Crippen LogP contribution is -2.33. The molecule has 0 aromatic heterocycles. The molecule has 4 N–H and O–H groups in total. The van der Waals surface area contributed by atoms with Gasteiger partial charge < -0.3 is 25.6 Å². The van der Waals surface area contributed by atoms with Gasteiger partial charge in [0.2, 0.25) is 0 Å². The van der Waals surface area contributed by atoms with Crippen molar-refractivity contribution in [2.24, 2.45) is 5.73 Å². The number of carbonyl (C=O) groups excluding carboxylic acids is 1. The van der Waals surface area contributed by atoms with Crippen molar-refractivity contribution in [2.45, 2.75) is 19.4 Å². The van der Waals surface area contributed by atoms with E-state index in [-0.39, 0.29) is 12.6 Å². The van der Waals surface area contributed by atoms with Crippen LogP contribution in [0.3, 0.4) is 0 Å². The normalized spacial score (nSPS) is 11.7. The summed E-state index contributed by atoms with van der Waals surface area (Å²) in [5.41, 5.74) is 5.95. The van der Waals surface area contributed by atoms with E-state index in [1.54, 1.807) is 30.3 Å². The summed E-state index contributed by atoms with van der Waals surface area (Å²) in [6, 6.07) is 14.5. The summed E-state index contributed by atoms with van der Waals surface area (Å²) in [4.78, 5) is 10.7. The van der Waals surface area contributed by atoms with Crippen LogP contribution in [0.25, 0.3) is 0 Å². The first-order valence-corrected chi connectivity index (χ1v) is 8.19. The molecule has 134 valence electrons. The quantitative estimate of drug-likeness (QED) is 0.612. The molecule has 6 heteroatoms. The maximum atomic E-state index is 10.7. The van der Waals surface area contributed by atoms with Crippen molar-refractivity contribution in [1.29, 1.82) is 0 Å².